The van der Waals surface area contributed by atoms with Crippen LogP contribution in [0.4, 0.5) is 0 Å². The third kappa shape index (κ3) is 3.60. The Morgan fingerprint density at radius 3 is 3.04 bits per heavy atom. The Morgan fingerprint density at radius 2 is 2.30 bits per heavy atom. The van der Waals surface area contributed by atoms with Crippen molar-refractivity contribution in [2.75, 3.05) is 18.8 Å². The molecule has 2 saturated heterocycles. The van der Waals surface area contributed by atoms with Crippen molar-refractivity contribution in [3.63, 3.8) is 0 Å². The number of pyridine rings is 1. The summed E-state index contributed by atoms with van der Waals surface area (Å²) in [6, 6.07) is 5.98. The Morgan fingerprint density at radius 1 is 1.39 bits per heavy atom. The Bertz CT molecular complexity index is 655. The summed E-state index contributed by atoms with van der Waals surface area (Å²) < 4.78 is 6.48. The van der Waals surface area contributed by atoms with Gasteiger partial charge in [-0.3, -0.25) is 9.88 Å². The SMILES string of the molecule is Cc1csc(CN2CC3(C[C@H](OCc4ccccn4)CS3)C2)n1. The molecule has 1 atom stereocenters. The van der Waals surface area contributed by atoms with Crippen molar-refractivity contribution < 1.29 is 4.74 Å². The Kier molecular flexibility index (Phi) is 4.41. The smallest absolute Gasteiger partial charge is 0.107 e. The zero-order valence-corrected chi connectivity index (χ0v) is 14.9. The minimum absolute atomic E-state index is 0.367. The van der Waals surface area contributed by atoms with E-state index >= 15 is 0 Å². The lowest BCUT2D eigenvalue weighted by Gasteiger charge is -2.47. The van der Waals surface area contributed by atoms with Gasteiger partial charge in [-0.15, -0.1) is 23.1 Å². The number of nitrogens with zero attached hydrogens (tertiary/aromatic N) is 3. The van der Waals surface area contributed by atoms with Crippen LogP contribution in [0.25, 0.3) is 0 Å². The highest BCUT2D eigenvalue weighted by atomic mass is 32.2. The molecule has 4 heterocycles. The van der Waals surface area contributed by atoms with Gasteiger partial charge in [-0.2, -0.15) is 0 Å². The molecule has 1 spiro atoms. The Balaban J connectivity index is 1.23. The quantitative estimate of drug-likeness (QED) is 0.831. The van der Waals surface area contributed by atoms with E-state index in [4.69, 9.17) is 4.74 Å². The van der Waals surface area contributed by atoms with Gasteiger partial charge in [0.2, 0.25) is 0 Å². The second-order valence-corrected chi connectivity index (χ2v) is 8.91. The maximum Gasteiger partial charge on any atom is 0.107 e. The fraction of sp³-hybridized carbons (Fsp3) is 0.529. The number of ether oxygens (including phenoxy) is 1. The molecule has 0 saturated carbocycles. The molecule has 0 N–H and O–H groups in total. The first-order valence-electron chi connectivity index (χ1n) is 8.00. The van der Waals surface area contributed by atoms with E-state index in [1.54, 1.807) is 11.3 Å². The second-order valence-electron chi connectivity index (χ2n) is 6.48. The minimum atomic E-state index is 0.367. The normalized spacial score (nSPS) is 23.3. The van der Waals surface area contributed by atoms with Crippen molar-refractivity contribution in [2.24, 2.45) is 0 Å². The van der Waals surface area contributed by atoms with E-state index < -0.39 is 0 Å². The van der Waals surface area contributed by atoms with Crippen molar-refractivity contribution in [1.82, 2.24) is 14.9 Å². The van der Waals surface area contributed by atoms with Crippen LogP contribution in [0.5, 0.6) is 0 Å². The molecule has 4 rings (SSSR count). The van der Waals surface area contributed by atoms with Gasteiger partial charge in [0, 0.05) is 40.9 Å². The minimum Gasteiger partial charge on any atom is -0.371 e. The van der Waals surface area contributed by atoms with Crippen LogP contribution in [0.15, 0.2) is 29.8 Å². The first-order valence-corrected chi connectivity index (χ1v) is 9.86. The van der Waals surface area contributed by atoms with E-state index in [1.807, 2.05) is 24.4 Å². The van der Waals surface area contributed by atoms with Crippen molar-refractivity contribution in [1.29, 1.82) is 0 Å². The van der Waals surface area contributed by atoms with Crippen LogP contribution in [0.1, 0.15) is 22.8 Å². The summed E-state index contributed by atoms with van der Waals surface area (Å²) in [4.78, 5) is 11.4. The maximum atomic E-state index is 6.06. The number of likely N-dealkylation sites (tertiary alicyclic amines) is 1. The summed E-state index contributed by atoms with van der Waals surface area (Å²) in [6.07, 6.45) is 3.36. The lowest BCUT2D eigenvalue weighted by atomic mass is 9.93. The molecule has 0 bridgehead atoms. The number of aryl methyl sites for hydroxylation is 1. The summed E-state index contributed by atoms with van der Waals surface area (Å²) in [5, 5.41) is 3.37. The average Bonchev–Trinajstić information content (AvgIpc) is 3.13. The molecule has 0 aromatic carbocycles. The molecule has 2 aromatic heterocycles. The molecule has 122 valence electrons. The van der Waals surface area contributed by atoms with Gasteiger partial charge in [-0.05, 0) is 25.5 Å². The summed E-state index contributed by atoms with van der Waals surface area (Å²) in [7, 11) is 0. The van der Waals surface area contributed by atoms with Gasteiger partial charge in [0.1, 0.15) is 5.01 Å². The monoisotopic (exact) mass is 347 g/mol. The van der Waals surface area contributed by atoms with Crippen LogP contribution in [0.3, 0.4) is 0 Å². The third-order valence-electron chi connectivity index (χ3n) is 4.42. The first kappa shape index (κ1) is 15.6. The highest BCUT2D eigenvalue weighted by Crippen LogP contribution is 2.46. The predicted molar refractivity (Wildman–Crippen MR) is 94.7 cm³/mol. The van der Waals surface area contributed by atoms with Gasteiger partial charge in [0.05, 0.1) is 24.9 Å². The standard InChI is InChI=1S/C17H21N3OS2/c1-13-9-22-16(19-13)7-20-11-17(12-20)6-15(10-23-17)21-8-14-4-2-3-5-18-14/h2-5,9,15H,6-8,10-12H2,1H3/t15-/m0/s1. The van der Waals surface area contributed by atoms with Gasteiger partial charge < -0.3 is 4.74 Å². The largest absolute Gasteiger partial charge is 0.371 e. The molecular weight excluding hydrogens is 326 g/mol. The van der Waals surface area contributed by atoms with E-state index in [1.165, 1.54) is 18.1 Å². The van der Waals surface area contributed by atoms with Crippen LogP contribution in [-0.4, -0.2) is 44.6 Å². The summed E-state index contributed by atoms with van der Waals surface area (Å²) in [6.45, 7) is 6.03. The van der Waals surface area contributed by atoms with Gasteiger partial charge in [-0.1, -0.05) is 6.07 Å². The van der Waals surface area contributed by atoms with E-state index in [-0.39, 0.29) is 0 Å². The van der Waals surface area contributed by atoms with Crippen LogP contribution >= 0.6 is 23.1 Å². The lowest BCUT2D eigenvalue weighted by molar-refractivity contribution is 0.0251. The van der Waals surface area contributed by atoms with Crippen LogP contribution in [-0.2, 0) is 17.9 Å². The lowest BCUT2D eigenvalue weighted by Crippen LogP contribution is -2.58. The molecule has 6 heteroatoms. The van der Waals surface area contributed by atoms with Gasteiger partial charge in [0.15, 0.2) is 0 Å². The summed E-state index contributed by atoms with van der Waals surface area (Å²) >= 11 is 3.86. The molecule has 0 unspecified atom stereocenters. The fourth-order valence-electron chi connectivity index (χ4n) is 3.36. The van der Waals surface area contributed by atoms with Crippen molar-refractivity contribution in [2.45, 2.75) is 37.3 Å². The van der Waals surface area contributed by atoms with Crippen LogP contribution in [0.2, 0.25) is 0 Å². The van der Waals surface area contributed by atoms with E-state index in [0.29, 0.717) is 17.5 Å². The second kappa shape index (κ2) is 6.51. The molecule has 2 aliphatic rings. The first-order chi connectivity index (χ1) is 11.2. The number of hydrogen-bond donors (Lipinski definition) is 0. The predicted octanol–water partition coefficient (Wildman–Crippen LogP) is 3.12. The molecule has 0 aliphatic carbocycles. The topological polar surface area (TPSA) is 38.2 Å². The average molecular weight is 348 g/mol. The Hall–Kier alpha value is -0.950. The van der Waals surface area contributed by atoms with Gasteiger partial charge in [-0.25, -0.2) is 4.98 Å². The van der Waals surface area contributed by atoms with Gasteiger partial charge in [0.25, 0.3) is 0 Å². The van der Waals surface area contributed by atoms with Gasteiger partial charge >= 0.3 is 0 Å². The Labute approximate surface area is 145 Å². The van der Waals surface area contributed by atoms with Crippen LogP contribution < -0.4 is 0 Å². The highest BCUT2D eigenvalue weighted by molar-refractivity contribution is 8.01. The van der Waals surface area contributed by atoms with E-state index in [0.717, 1.165) is 30.1 Å². The molecule has 23 heavy (non-hydrogen) atoms. The molecule has 0 radical (unpaired) electrons. The van der Waals surface area contributed by atoms with E-state index in [9.17, 15) is 0 Å². The molecule has 2 aliphatic heterocycles. The van der Waals surface area contributed by atoms with Crippen molar-refractivity contribution in [3.8, 4) is 0 Å². The molecule has 2 fully saturated rings. The molecule has 4 nitrogen and oxygen atoms in total. The van der Waals surface area contributed by atoms with Crippen molar-refractivity contribution in [3.05, 3.63) is 46.2 Å². The third-order valence-corrected chi connectivity index (χ3v) is 6.94. The number of thioether (sulfide) groups is 1. The van der Waals surface area contributed by atoms with Crippen molar-refractivity contribution >= 4 is 23.1 Å². The van der Waals surface area contributed by atoms with E-state index in [2.05, 4.69) is 38.9 Å². The maximum absolute atomic E-state index is 6.06. The molecular formula is C17H21N3OS2. The van der Waals surface area contributed by atoms with Crippen LogP contribution in [0, 0.1) is 6.92 Å². The number of aromatic nitrogens is 2. The number of rotatable bonds is 5. The summed E-state index contributed by atoms with van der Waals surface area (Å²) in [5.41, 5.74) is 2.16. The summed E-state index contributed by atoms with van der Waals surface area (Å²) in [5.74, 6) is 1.11. The highest BCUT2D eigenvalue weighted by Gasteiger charge is 2.49. The molecule has 2 aromatic rings. The number of thiazole rings is 1. The zero-order chi connectivity index (χ0) is 15.7. The fourth-order valence-corrected chi connectivity index (χ4v) is 5.78. The zero-order valence-electron chi connectivity index (χ0n) is 13.3. The number of hydrogen-bond acceptors (Lipinski definition) is 6. The molecule has 0 amide bonds.